The van der Waals surface area contributed by atoms with E-state index in [9.17, 15) is 19.5 Å². The third kappa shape index (κ3) is 5.91. The van der Waals surface area contributed by atoms with Crippen molar-refractivity contribution in [1.29, 1.82) is 0 Å². The predicted octanol–water partition coefficient (Wildman–Crippen LogP) is 4.26. The van der Waals surface area contributed by atoms with E-state index in [1.54, 1.807) is 6.92 Å². The lowest BCUT2D eigenvalue weighted by atomic mass is 9.94. The molecule has 4 aromatic rings. The fourth-order valence-corrected chi connectivity index (χ4v) is 6.79. The van der Waals surface area contributed by atoms with Gasteiger partial charge in [-0.2, -0.15) is 0 Å². The van der Waals surface area contributed by atoms with Crippen LogP contribution in [0.2, 0.25) is 0 Å². The summed E-state index contributed by atoms with van der Waals surface area (Å²) >= 11 is 1.22. The minimum Gasteiger partial charge on any atom is -0.491 e. The normalized spacial score (nSPS) is 18.3. The molecule has 1 atom stereocenters. The fraction of sp³-hybridized carbons (Fsp3) is 0.484. The highest BCUT2D eigenvalue weighted by Crippen LogP contribution is 2.38. The molecule has 1 aromatic carbocycles. The Bertz CT molecular complexity index is 1730. The van der Waals surface area contributed by atoms with Gasteiger partial charge in [0.1, 0.15) is 28.5 Å². The number of hydrogen-bond donors (Lipinski definition) is 2. The highest BCUT2D eigenvalue weighted by molar-refractivity contribution is 7.22. The van der Waals surface area contributed by atoms with Crippen molar-refractivity contribution < 1.29 is 23.8 Å². The highest BCUT2D eigenvalue weighted by Gasteiger charge is 2.35. The number of fused-ring (bicyclic) bond motifs is 1. The number of nitrogens with two attached hydrogens (primary N) is 1. The number of primary amides is 1. The van der Waals surface area contributed by atoms with Gasteiger partial charge >= 0.3 is 5.69 Å². The number of thiophene rings is 1. The van der Waals surface area contributed by atoms with E-state index in [4.69, 9.17) is 19.6 Å². The molecule has 11 nitrogen and oxygen atoms in total. The SMILES string of the molecule is Cc1c(-c2ncco2)sc2c1c(=O)n(C(C)(C)C(N)=O)c(=O)n2C[C@@H](OC1CCC(O)CC1)c1ccccc1OC(C)C. The quantitative estimate of drug-likeness (QED) is 0.270. The third-order valence-electron chi connectivity index (χ3n) is 7.98. The first kappa shape index (κ1) is 30.7. The third-order valence-corrected chi connectivity index (χ3v) is 9.28. The maximum absolute atomic E-state index is 14.3. The van der Waals surface area contributed by atoms with Crippen LogP contribution in [0, 0.1) is 6.92 Å². The summed E-state index contributed by atoms with van der Waals surface area (Å²) < 4.78 is 20.8. The number of aliphatic hydroxyl groups is 1. The summed E-state index contributed by atoms with van der Waals surface area (Å²) in [4.78, 5) is 46.1. The van der Waals surface area contributed by atoms with Gasteiger partial charge in [0.05, 0.1) is 41.3 Å². The summed E-state index contributed by atoms with van der Waals surface area (Å²) in [6.07, 6.45) is 4.22. The zero-order valence-corrected chi connectivity index (χ0v) is 25.8. The zero-order chi connectivity index (χ0) is 31.1. The molecule has 43 heavy (non-hydrogen) atoms. The van der Waals surface area contributed by atoms with Crippen LogP contribution in [0.15, 0.2) is 50.7 Å². The zero-order valence-electron chi connectivity index (χ0n) is 25.0. The second-order valence-corrected chi connectivity index (χ2v) is 12.8. The summed E-state index contributed by atoms with van der Waals surface area (Å²) in [6, 6.07) is 7.53. The highest BCUT2D eigenvalue weighted by atomic mass is 32.1. The number of aryl methyl sites for hydroxylation is 1. The van der Waals surface area contributed by atoms with E-state index in [1.165, 1.54) is 42.2 Å². The minimum absolute atomic E-state index is 0.0208. The number of hydrogen-bond acceptors (Lipinski definition) is 9. The second-order valence-electron chi connectivity index (χ2n) is 11.8. The van der Waals surface area contributed by atoms with E-state index in [2.05, 4.69) is 4.98 Å². The number of nitrogens with zero attached hydrogens (tertiary/aromatic N) is 3. The number of oxazole rings is 1. The Labute approximate surface area is 252 Å². The van der Waals surface area contributed by atoms with Gasteiger partial charge in [0, 0.05) is 5.56 Å². The lowest BCUT2D eigenvalue weighted by Gasteiger charge is -2.31. The average molecular weight is 611 g/mol. The Balaban J connectivity index is 1.74. The summed E-state index contributed by atoms with van der Waals surface area (Å²) in [5.74, 6) is 0.126. The molecular weight excluding hydrogens is 572 g/mol. The number of carbonyl (C=O) groups excluding carboxylic acids is 1. The monoisotopic (exact) mass is 610 g/mol. The van der Waals surface area contributed by atoms with Crippen molar-refractivity contribution in [3.05, 3.63) is 68.7 Å². The Morgan fingerprint density at radius 1 is 1.21 bits per heavy atom. The van der Waals surface area contributed by atoms with E-state index in [0.29, 0.717) is 52.6 Å². The molecule has 0 radical (unpaired) electrons. The van der Waals surface area contributed by atoms with Crippen molar-refractivity contribution in [2.45, 2.75) is 96.8 Å². The molecule has 3 N–H and O–H groups in total. The molecule has 5 rings (SSSR count). The van der Waals surface area contributed by atoms with Crippen molar-refractivity contribution in [3.8, 4) is 16.5 Å². The number of rotatable bonds is 10. The molecule has 230 valence electrons. The molecule has 1 fully saturated rings. The smallest absolute Gasteiger partial charge is 0.333 e. The first-order valence-electron chi connectivity index (χ1n) is 14.5. The van der Waals surface area contributed by atoms with Crippen LogP contribution in [0.25, 0.3) is 21.0 Å². The van der Waals surface area contributed by atoms with Crippen LogP contribution in [-0.4, -0.2) is 43.4 Å². The van der Waals surface area contributed by atoms with Crippen molar-refractivity contribution in [2.24, 2.45) is 5.73 Å². The van der Waals surface area contributed by atoms with Crippen LogP contribution in [0.1, 0.15) is 70.6 Å². The van der Waals surface area contributed by atoms with Crippen LogP contribution in [0.5, 0.6) is 5.75 Å². The summed E-state index contributed by atoms with van der Waals surface area (Å²) in [7, 11) is 0. The number of aliphatic hydroxyl groups excluding tert-OH is 1. The number of aromatic nitrogens is 3. The van der Waals surface area contributed by atoms with Gasteiger partial charge in [0.2, 0.25) is 11.8 Å². The van der Waals surface area contributed by atoms with E-state index in [0.717, 1.165) is 10.1 Å². The van der Waals surface area contributed by atoms with Crippen molar-refractivity contribution in [1.82, 2.24) is 14.1 Å². The Morgan fingerprint density at radius 3 is 2.53 bits per heavy atom. The van der Waals surface area contributed by atoms with E-state index in [-0.39, 0.29) is 30.2 Å². The molecule has 0 bridgehead atoms. The number of ether oxygens (including phenoxy) is 2. The lowest BCUT2D eigenvalue weighted by Crippen LogP contribution is -2.54. The van der Waals surface area contributed by atoms with Gasteiger partial charge in [0.15, 0.2) is 0 Å². The van der Waals surface area contributed by atoms with E-state index >= 15 is 0 Å². The second kappa shape index (κ2) is 12.1. The predicted molar refractivity (Wildman–Crippen MR) is 163 cm³/mol. The number of carbonyl (C=O) groups is 1. The Hall–Kier alpha value is -3.74. The molecule has 12 heteroatoms. The Morgan fingerprint density at radius 2 is 1.91 bits per heavy atom. The number of amides is 1. The maximum Gasteiger partial charge on any atom is 0.333 e. The number of para-hydroxylation sites is 1. The summed E-state index contributed by atoms with van der Waals surface area (Å²) in [6.45, 7) is 8.57. The van der Waals surface area contributed by atoms with Crippen molar-refractivity contribution >= 4 is 27.5 Å². The largest absolute Gasteiger partial charge is 0.491 e. The van der Waals surface area contributed by atoms with Gasteiger partial charge in [-0.25, -0.2) is 14.3 Å². The molecule has 0 aliphatic heterocycles. The van der Waals surface area contributed by atoms with Gasteiger partial charge in [-0.05, 0) is 71.9 Å². The van der Waals surface area contributed by atoms with Gasteiger partial charge in [0.25, 0.3) is 5.56 Å². The molecular formula is C31H38N4O7S. The van der Waals surface area contributed by atoms with E-state index < -0.39 is 28.8 Å². The lowest BCUT2D eigenvalue weighted by molar-refractivity contribution is -0.125. The fourth-order valence-electron chi connectivity index (χ4n) is 5.55. The Kier molecular flexibility index (Phi) is 8.64. The maximum atomic E-state index is 14.3. The molecule has 3 heterocycles. The van der Waals surface area contributed by atoms with Crippen molar-refractivity contribution in [2.75, 3.05) is 0 Å². The molecule has 1 amide bonds. The molecule has 1 aliphatic carbocycles. The molecule has 0 spiro atoms. The molecule has 0 unspecified atom stereocenters. The van der Waals surface area contributed by atoms with Crippen LogP contribution >= 0.6 is 11.3 Å². The van der Waals surface area contributed by atoms with E-state index in [1.807, 2.05) is 38.1 Å². The number of benzene rings is 1. The average Bonchev–Trinajstić information content (AvgIpc) is 3.59. The van der Waals surface area contributed by atoms with Crippen molar-refractivity contribution in [3.63, 3.8) is 0 Å². The van der Waals surface area contributed by atoms with Crippen LogP contribution in [0.3, 0.4) is 0 Å². The summed E-state index contributed by atoms with van der Waals surface area (Å²) in [5, 5.41) is 10.4. The molecule has 3 aromatic heterocycles. The van der Waals surface area contributed by atoms with Crippen LogP contribution in [-0.2, 0) is 21.6 Å². The van der Waals surface area contributed by atoms with Crippen LogP contribution in [0.4, 0.5) is 0 Å². The molecule has 0 saturated heterocycles. The standard InChI is InChI=1S/C31H38N4O7S/c1-17(2)41-22-9-7-6-8-21(22)23(42-20-12-10-19(36)11-13-20)16-34-28-24(18(3)25(43-28)26-33-14-15-40-26)27(37)35(30(34)39)31(4,5)29(32)38/h6-9,14-15,17,19-20,23,36H,10-13,16H2,1-5H3,(H2,32,38)/t19?,20?,23-/m1/s1. The van der Waals surface area contributed by atoms with Gasteiger partial charge in [-0.3, -0.25) is 14.2 Å². The summed E-state index contributed by atoms with van der Waals surface area (Å²) in [5.41, 5.74) is 4.13. The topological polar surface area (TPSA) is 152 Å². The first-order chi connectivity index (χ1) is 20.4. The molecule has 1 saturated carbocycles. The van der Waals surface area contributed by atoms with Crippen LogP contribution < -0.4 is 21.7 Å². The van der Waals surface area contributed by atoms with Gasteiger partial charge < -0.3 is 24.7 Å². The first-order valence-corrected chi connectivity index (χ1v) is 15.3. The minimum atomic E-state index is -1.61. The van der Waals surface area contributed by atoms with Gasteiger partial charge in [-0.1, -0.05) is 18.2 Å². The molecule has 1 aliphatic rings. The van der Waals surface area contributed by atoms with Gasteiger partial charge in [-0.15, -0.1) is 11.3 Å².